The Bertz CT molecular complexity index is 1090. The molecule has 13 heteroatoms. The van der Waals surface area contributed by atoms with Crippen molar-refractivity contribution in [3.63, 3.8) is 0 Å². The molecule has 2 aromatic rings. The number of anilines is 1. The molecule has 0 aliphatic carbocycles. The molecule has 0 aromatic heterocycles. The fourth-order valence-electron chi connectivity index (χ4n) is 2.22. The monoisotopic (exact) mass is 466 g/mol. The van der Waals surface area contributed by atoms with Crippen LogP contribution in [0.1, 0.15) is 15.9 Å². The summed E-state index contributed by atoms with van der Waals surface area (Å²) >= 11 is 5.77. The Balaban J connectivity index is 2.10. The molecule has 0 fully saturated rings. The molecule has 2 rings (SSSR count). The van der Waals surface area contributed by atoms with E-state index in [1.165, 1.54) is 19.2 Å². The van der Waals surface area contributed by atoms with E-state index < -0.39 is 45.1 Å². The molecule has 0 aliphatic heterocycles. The first-order valence-electron chi connectivity index (χ1n) is 7.87. The SMILES string of the molecule is COc1ccc(C(=O)OCC(=O)Nc2cc(C(F)(F)F)ccc2Cl)cc1S(N)(=O)=O. The summed E-state index contributed by atoms with van der Waals surface area (Å²) in [6.45, 7) is -0.873. The number of amides is 1. The number of hydrogen-bond donors (Lipinski definition) is 2. The number of carbonyl (C=O) groups excluding carboxylic acids is 2. The average molecular weight is 467 g/mol. The second-order valence-corrected chi connectivity index (χ2v) is 7.66. The van der Waals surface area contributed by atoms with Crippen molar-refractivity contribution in [2.24, 2.45) is 5.14 Å². The fraction of sp³-hybridized carbons (Fsp3) is 0.176. The summed E-state index contributed by atoms with van der Waals surface area (Å²) in [4.78, 5) is 23.5. The minimum absolute atomic E-state index is 0.106. The van der Waals surface area contributed by atoms with Gasteiger partial charge in [-0.1, -0.05) is 11.6 Å². The predicted molar refractivity (Wildman–Crippen MR) is 99.7 cm³/mol. The highest BCUT2D eigenvalue weighted by atomic mass is 35.5. The summed E-state index contributed by atoms with van der Waals surface area (Å²) in [6.07, 6.45) is -4.65. The molecule has 0 spiro atoms. The number of alkyl halides is 3. The number of rotatable bonds is 6. The molecule has 3 N–H and O–H groups in total. The lowest BCUT2D eigenvalue weighted by Crippen LogP contribution is -2.22. The van der Waals surface area contributed by atoms with Gasteiger partial charge in [-0.15, -0.1) is 0 Å². The number of methoxy groups -OCH3 is 1. The third kappa shape index (κ3) is 5.84. The van der Waals surface area contributed by atoms with Crippen LogP contribution >= 0.6 is 11.6 Å². The maximum atomic E-state index is 12.8. The van der Waals surface area contributed by atoms with Crippen molar-refractivity contribution in [2.45, 2.75) is 11.1 Å². The molecule has 2 aromatic carbocycles. The molecule has 0 atom stereocenters. The Labute approximate surface area is 173 Å². The van der Waals surface area contributed by atoms with Crippen molar-refractivity contribution in [2.75, 3.05) is 19.0 Å². The fourth-order valence-corrected chi connectivity index (χ4v) is 3.11. The quantitative estimate of drug-likeness (QED) is 0.631. The number of halogens is 4. The van der Waals surface area contributed by atoms with Crippen molar-refractivity contribution in [3.05, 3.63) is 52.5 Å². The number of sulfonamides is 1. The number of carbonyl (C=O) groups is 2. The lowest BCUT2D eigenvalue weighted by atomic mass is 10.2. The molecule has 1 amide bonds. The van der Waals surface area contributed by atoms with E-state index >= 15 is 0 Å². The standard InChI is InChI=1S/C17H14ClF3N2O6S/c1-28-13-5-2-9(6-14(13)30(22,26)27)16(25)29-8-15(24)23-12-7-10(17(19,20)21)3-4-11(12)18/h2-7H,8H2,1H3,(H,23,24)(H2,22,26,27). The normalized spacial score (nSPS) is 11.7. The summed E-state index contributed by atoms with van der Waals surface area (Å²) in [5.74, 6) is -2.15. The number of hydrogen-bond acceptors (Lipinski definition) is 6. The first-order chi connectivity index (χ1) is 13.8. The van der Waals surface area contributed by atoms with Gasteiger partial charge >= 0.3 is 12.1 Å². The van der Waals surface area contributed by atoms with Gasteiger partial charge in [-0.05, 0) is 36.4 Å². The number of ether oxygens (including phenoxy) is 2. The third-order valence-electron chi connectivity index (χ3n) is 3.61. The molecular weight excluding hydrogens is 453 g/mol. The smallest absolute Gasteiger partial charge is 0.416 e. The maximum Gasteiger partial charge on any atom is 0.416 e. The minimum atomic E-state index is -4.65. The van der Waals surface area contributed by atoms with Crippen LogP contribution < -0.4 is 15.2 Å². The Hall–Kier alpha value is -2.83. The van der Waals surface area contributed by atoms with Crippen molar-refractivity contribution in [1.82, 2.24) is 0 Å². The number of primary sulfonamides is 1. The lowest BCUT2D eigenvalue weighted by molar-refractivity contribution is -0.137. The van der Waals surface area contributed by atoms with Gasteiger partial charge in [0.1, 0.15) is 10.6 Å². The average Bonchev–Trinajstić information content (AvgIpc) is 2.65. The highest BCUT2D eigenvalue weighted by molar-refractivity contribution is 7.89. The first kappa shape index (κ1) is 23.4. The molecule has 0 unspecified atom stereocenters. The molecule has 0 bridgehead atoms. The van der Waals surface area contributed by atoms with Gasteiger partial charge < -0.3 is 14.8 Å². The number of nitrogens with one attached hydrogen (secondary N) is 1. The topological polar surface area (TPSA) is 125 Å². The highest BCUT2D eigenvalue weighted by Gasteiger charge is 2.31. The number of nitrogens with two attached hydrogens (primary N) is 1. The van der Waals surface area contributed by atoms with Crippen molar-refractivity contribution < 1.29 is 40.7 Å². The summed E-state index contributed by atoms with van der Waals surface area (Å²) in [7, 11) is -3.01. The van der Waals surface area contributed by atoms with E-state index in [0.717, 1.165) is 18.2 Å². The van der Waals surface area contributed by atoms with Crippen LogP contribution in [0.5, 0.6) is 5.75 Å². The summed E-state index contributed by atoms with van der Waals surface area (Å²) in [6, 6.07) is 5.57. The number of benzene rings is 2. The van der Waals surface area contributed by atoms with Gasteiger partial charge in [0.05, 0.1) is 28.9 Å². The van der Waals surface area contributed by atoms with Crippen LogP contribution in [0.4, 0.5) is 18.9 Å². The number of esters is 1. The minimum Gasteiger partial charge on any atom is -0.495 e. The maximum absolute atomic E-state index is 12.8. The Morgan fingerprint density at radius 2 is 1.83 bits per heavy atom. The van der Waals surface area contributed by atoms with Crippen LogP contribution in [-0.4, -0.2) is 34.0 Å². The predicted octanol–water partition coefficient (Wildman–Crippen LogP) is 2.81. The van der Waals surface area contributed by atoms with E-state index in [9.17, 15) is 31.2 Å². The molecule has 30 heavy (non-hydrogen) atoms. The van der Waals surface area contributed by atoms with E-state index in [2.05, 4.69) is 5.32 Å². The van der Waals surface area contributed by atoms with E-state index in [1.807, 2.05) is 0 Å². The molecule has 8 nitrogen and oxygen atoms in total. The van der Waals surface area contributed by atoms with Crippen LogP contribution in [0, 0.1) is 0 Å². The molecule has 0 aliphatic rings. The molecule has 0 heterocycles. The lowest BCUT2D eigenvalue weighted by Gasteiger charge is -2.12. The molecule has 0 saturated carbocycles. The molecule has 0 radical (unpaired) electrons. The van der Waals surface area contributed by atoms with Gasteiger partial charge in [-0.2, -0.15) is 13.2 Å². The van der Waals surface area contributed by atoms with Crippen molar-refractivity contribution in [1.29, 1.82) is 0 Å². The van der Waals surface area contributed by atoms with Gasteiger partial charge in [0.2, 0.25) is 10.0 Å². The highest BCUT2D eigenvalue weighted by Crippen LogP contribution is 2.33. The first-order valence-corrected chi connectivity index (χ1v) is 9.80. The summed E-state index contributed by atoms with van der Waals surface area (Å²) < 4.78 is 71.0. The Morgan fingerprint density at radius 1 is 1.17 bits per heavy atom. The zero-order valence-corrected chi connectivity index (χ0v) is 16.7. The van der Waals surface area contributed by atoms with E-state index in [-0.39, 0.29) is 22.0 Å². The van der Waals surface area contributed by atoms with E-state index in [0.29, 0.717) is 6.07 Å². The second-order valence-electron chi connectivity index (χ2n) is 5.73. The van der Waals surface area contributed by atoms with Crippen LogP contribution in [0.25, 0.3) is 0 Å². The van der Waals surface area contributed by atoms with Crippen LogP contribution in [0.15, 0.2) is 41.3 Å². The summed E-state index contributed by atoms with van der Waals surface area (Å²) in [5.41, 5.74) is -1.61. The van der Waals surface area contributed by atoms with E-state index in [4.69, 9.17) is 26.2 Å². The Morgan fingerprint density at radius 3 is 2.40 bits per heavy atom. The zero-order valence-electron chi connectivity index (χ0n) is 15.1. The van der Waals surface area contributed by atoms with Crippen LogP contribution in [0.2, 0.25) is 5.02 Å². The van der Waals surface area contributed by atoms with Crippen molar-refractivity contribution in [3.8, 4) is 5.75 Å². The van der Waals surface area contributed by atoms with Gasteiger partial charge in [-0.3, -0.25) is 4.79 Å². The van der Waals surface area contributed by atoms with Gasteiger partial charge in [0, 0.05) is 0 Å². The van der Waals surface area contributed by atoms with Gasteiger partial charge in [0.15, 0.2) is 6.61 Å². The van der Waals surface area contributed by atoms with E-state index in [1.54, 1.807) is 0 Å². The molecule has 0 saturated heterocycles. The van der Waals surface area contributed by atoms with Crippen molar-refractivity contribution >= 4 is 39.2 Å². The Kier molecular flexibility index (Phi) is 6.95. The van der Waals surface area contributed by atoms with Gasteiger partial charge in [0.25, 0.3) is 5.91 Å². The van der Waals surface area contributed by atoms with Crippen LogP contribution in [-0.2, 0) is 25.7 Å². The van der Waals surface area contributed by atoms with Gasteiger partial charge in [-0.25, -0.2) is 18.4 Å². The molecule has 162 valence electrons. The molecular formula is C17H14ClF3N2O6S. The summed E-state index contributed by atoms with van der Waals surface area (Å²) in [5, 5.41) is 6.99. The zero-order chi connectivity index (χ0) is 22.7. The van der Waals surface area contributed by atoms with Crippen LogP contribution in [0.3, 0.4) is 0 Å². The second kappa shape index (κ2) is 8.90. The largest absolute Gasteiger partial charge is 0.495 e. The third-order valence-corrected chi connectivity index (χ3v) is 4.87.